The van der Waals surface area contributed by atoms with Crippen LogP contribution in [0, 0.1) is 5.92 Å². The molecule has 0 unspecified atom stereocenters. The molecule has 2 rings (SSSR count). The van der Waals surface area contributed by atoms with E-state index in [-0.39, 0.29) is 16.2 Å². The van der Waals surface area contributed by atoms with Crippen LogP contribution in [-0.4, -0.2) is 40.7 Å². The van der Waals surface area contributed by atoms with Crippen LogP contribution in [-0.2, 0) is 17.1 Å². The van der Waals surface area contributed by atoms with Gasteiger partial charge in [0.1, 0.15) is 0 Å². The van der Waals surface area contributed by atoms with Gasteiger partial charge in [0.2, 0.25) is 5.03 Å². The van der Waals surface area contributed by atoms with Gasteiger partial charge >= 0.3 is 0 Å². The van der Waals surface area contributed by atoms with Gasteiger partial charge in [-0.1, -0.05) is 12.1 Å². The lowest BCUT2D eigenvalue weighted by Crippen LogP contribution is -2.53. The fourth-order valence-electron chi connectivity index (χ4n) is 2.55. The molecule has 0 saturated heterocycles. The summed E-state index contributed by atoms with van der Waals surface area (Å²) >= 11 is 3.09. The van der Waals surface area contributed by atoms with Crippen LogP contribution in [0.4, 0.5) is 0 Å². The van der Waals surface area contributed by atoms with Crippen LogP contribution in [0.15, 0.2) is 9.63 Å². The molecule has 0 atom stereocenters. The molecule has 0 amide bonds. The van der Waals surface area contributed by atoms with Crippen molar-refractivity contribution in [1.29, 1.82) is 0 Å². The lowest BCUT2D eigenvalue weighted by molar-refractivity contribution is 0.125. The van der Waals surface area contributed by atoms with Crippen molar-refractivity contribution in [2.45, 2.75) is 43.2 Å². The maximum Gasteiger partial charge on any atom is 0.261 e. The van der Waals surface area contributed by atoms with E-state index in [2.05, 4.69) is 37.9 Å². The number of aryl methyl sites for hydroxylation is 1. The minimum absolute atomic E-state index is 0.0241. The van der Waals surface area contributed by atoms with Crippen molar-refractivity contribution in [2.24, 2.45) is 13.0 Å². The molecule has 1 aromatic rings. The number of aliphatic hydroxyl groups excluding tert-OH is 1. The molecule has 20 heavy (non-hydrogen) atoms. The Balaban J connectivity index is 2.27. The van der Waals surface area contributed by atoms with Gasteiger partial charge in [-0.3, -0.25) is 0 Å². The largest absolute Gasteiger partial charge is 0.394 e. The molecule has 1 aliphatic carbocycles. The van der Waals surface area contributed by atoms with Crippen molar-refractivity contribution in [3.05, 3.63) is 4.60 Å². The first-order valence-electron chi connectivity index (χ1n) is 6.50. The van der Waals surface area contributed by atoms with E-state index in [4.69, 9.17) is 0 Å². The molecule has 0 bridgehead atoms. The Morgan fingerprint density at radius 3 is 2.55 bits per heavy atom. The minimum Gasteiger partial charge on any atom is -0.394 e. The van der Waals surface area contributed by atoms with Crippen molar-refractivity contribution in [2.75, 3.05) is 6.61 Å². The van der Waals surface area contributed by atoms with Crippen LogP contribution < -0.4 is 4.72 Å². The molecule has 9 heteroatoms. The van der Waals surface area contributed by atoms with Gasteiger partial charge in [0.15, 0.2) is 4.60 Å². The predicted molar refractivity (Wildman–Crippen MR) is 76.5 cm³/mol. The zero-order valence-electron chi connectivity index (χ0n) is 11.5. The number of sulfonamides is 1. The van der Waals surface area contributed by atoms with E-state index in [1.54, 1.807) is 0 Å². The van der Waals surface area contributed by atoms with E-state index >= 15 is 0 Å². The van der Waals surface area contributed by atoms with Gasteiger partial charge in [0.05, 0.1) is 12.1 Å². The Bertz CT molecular complexity index is 559. The average Bonchev–Trinajstić information content (AvgIpc) is 2.72. The molecule has 1 heterocycles. The molecule has 0 aromatic carbocycles. The quantitative estimate of drug-likeness (QED) is 0.821. The van der Waals surface area contributed by atoms with Crippen LogP contribution in [0.3, 0.4) is 0 Å². The van der Waals surface area contributed by atoms with E-state index < -0.39 is 15.6 Å². The molecule has 114 valence electrons. The second-order valence-electron chi connectivity index (χ2n) is 5.54. The molecule has 1 aliphatic rings. The highest BCUT2D eigenvalue weighted by molar-refractivity contribution is 9.10. The number of halogens is 1. The zero-order chi connectivity index (χ0) is 15.0. The summed E-state index contributed by atoms with van der Waals surface area (Å²) in [6, 6.07) is 0. The number of aliphatic hydroxyl groups is 1. The van der Waals surface area contributed by atoms with Gasteiger partial charge in [-0.15, -0.1) is 5.10 Å². The number of hydrogen-bond donors (Lipinski definition) is 2. The first-order valence-corrected chi connectivity index (χ1v) is 8.77. The van der Waals surface area contributed by atoms with Gasteiger partial charge in [0, 0.05) is 7.05 Å². The summed E-state index contributed by atoms with van der Waals surface area (Å²) in [6.07, 6.45) is 3.06. The van der Waals surface area contributed by atoms with Gasteiger partial charge in [-0.05, 0) is 47.5 Å². The number of nitrogens with one attached hydrogen (secondary N) is 1. The Kier molecular flexibility index (Phi) is 4.53. The molecule has 1 aromatic heterocycles. The summed E-state index contributed by atoms with van der Waals surface area (Å²) in [4.78, 5) is 0. The van der Waals surface area contributed by atoms with Crippen LogP contribution in [0.2, 0.25) is 0 Å². The van der Waals surface area contributed by atoms with E-state index in [1.807, 2.05) is 0 Å². The van der Waals surface area contributed by atoms with Gasteiger partial charge < -0.3 is 5.11 Å². The summed E-state index contributed by atoms with van der Waals surface area (Å²) in [6.45, 7) is 1.93. The SMILES string of the molecule is CC1CCC(CO)(NS(=O)(=O)c2c(Br)nnn2C)CC1. The number of hydrogen-bond acceptors (Lipinski definition) is 5. The summed E-state index contributed by atoms with van der Waals surface area (Å²) in [5.74, 6) is 0.560. The first kappa shape index (κ1) is 15.9. The minimum atomic E-state index is -3.78. The smallest absolute Gasteiger partial charge is 0.261 e. The molecule has 1 fully saturated rings. The molecular weight excluding hydrogens is 348 g/mol. The second-order valence-corrected chi connectivity index (χ2v) is 7.88. The molecule has 0 radical (unpaired) electrons. The number of rotatable bonds is 4. The Hall–Kier alpha value is -0.510. The lowest BCUT2D eigenvalue weighted by Gasteiger charge is -2.38. The zero-order valence-corrected chi connectivity index (χ0v) is 13.9. The fraction of sp³-hybridized carbons (Fsp3) is 0.818. The Morgan fingerprint density at radius 1 is 1.50 bits per heavy atom. The topological polar surface area (TPSA) is 97.1 Å². The van der Waals surface area contributed by atoms with Crippen molar-refractivity contribution in [3.8, 4) is 0 Å². The monoisotopic (exact) mass is 366 g/mol. The first-order chi connectivity index (χ1) is 9.30. The van der Waals surface area contributed by atoms with Crippen molar-refractivity contribution in [3.63, 3.8) is 0 Å². The highest BCUT2D eigenvalue weighted by atomic mass is 79.9. The average molecular weight is 367 g/mol. The highest BCUT2D eigenvalue weighted by Crippen LogP contribution is 2.33. The van der Waals surface area contributed by atoms with E-state index in [0.29, 0.717) is 18.8 Å². The predicted octanol–water partition coefficient (Wildman–Crippen LogP) is 0.797. The summed E-state index contributed by atoms with van der Waals surface area (Å²) < 4.78 is 29.0. The van der Waals surface area contributed by atoms with Gasteiger partial charge in [-0.25, -0.2) is 17.8 Å². The van der Waals surface area contributed by atoms with Crippen LogP contribution in [0.5, 0.6) is 0 Å². The van der Waals surface area contributed by atoms with Crippen LogP contribution in [0.25, 0.3) is 0 Å². The third-order valence-electron chi connectivity index (χ3n) is 3.88. The molecule has 0 spiro atoms. The third kappa shape index (κ3) is 3.05. The molecular formula is C11H19BrN4O3S. The van der Waals surface area contributed by atoms with Crippen molar-refractivity contribution < 1.29 is 13.5 Å². The lowest BCUT2D eigenvalue weighted by atomic mass is 9.78. The molecule has 2 N–H and O–H groups in total. The van der Waals surface area contributed by atoms with Gasteiger partial charge in [-0.2, -0.15) is 0 Å². The maximum absolute atomic E-state index is 12.5. The fourth-order valence-corrected chi connectivity index (χ4v) is 5.10. The van der Waals surface area contributed by atoms with E-state index in [0.717, 1.165) is 12.8 Å². The Morgan fingerprint density at radius 2 is 2.10 bits per heavy atom. The summed E-state index contributed by atoms with van der Waals surface area (Å²) in [5, 5.41) is 17.0. The third-order valence-corrected chi connectivity index (χ3v) is 6.34. The maximum atomic E-state index is 12.5. The highest BCUT2D eigenvalue weighted by Gasteiger charge is 2.39. The summed E-state index contributed by atoms with van der Waals surface area (Å²) in [5.41, 5.74) is -0.783. The number of nitrogens with zero attached hydrogens (tertiary/aromatic N) is 3. The van der Waals surface area contributed by atoms with E-state index in [1.165, 1.54) is 11.7 Å². The second kappa shape index (κ2) is 5.70. The van der Waals surface area contributed by atoms with Crippen molar-refractivity contribution >= 4 is 26.0 Å². The van der Waals surface area contributed by atoms with Crippen LogP contribution in [0.1, 0.15) is 32.6 Å². The van der Waals surface area contributed by atoms with Crippen molar-refractivity contribution in [1.82, 2.24) is 19.7 Å². The molecule has 7 nitrogen and oxygen atoms in total. The van der Waals surface area contributed by atoms with Crippen LogP contribution >= 0.6 is 15.9 Å². The van der Waals surface area contributed by atoms with E-state index in [9.17, 15) is 13.5 Å². The Labute approximate surface area is 126 Å². The standard InChI is InChI=1S/C11H19BrN4O3S/c1-8-3-5-11(7-17,6-4-8)14-20(18,19)10-9(12)13-15-16(10)2/h8,14,17H,3-7H2,1-2H3. The normalized spacial score (nSPS) is 27.7. The molecule has 0 aliphatic heterocycles. The molecule has 1 saturated carbocycles. The number of aromatic nitrogens is 3. The van der Waals surface area contributed by atoms with Gasteiger partial charge in [0.25, 0.3) is 10.0 Å². The summed E-state index contributed by atoms with van der Waals surface area (Å²) in [7, 11) is -2.27.